The van der Waals surface area contributed by atoms with Crippen LogP contribution in [0, 0.1) is 5.92 Å². The predicted octanol–water partition coefficient (Wildman–Crippen LogP) is 4.28. The molecule has 0 radical (unpaired) electrons. The van der Waals surface area contributed by atoms with Crippen molar-refractivity contribution in [2.75, 3.05) is 5.32 Å². The molecule has 0 saturated heterocycles. The van der Waals surface area contributed by atoms with E-state index in [-0.39, 0.29) is 11.8 Å². The topological polar surface area (TPSA) is 67.4 Å². The Bertz CT molecular complexity index is 627. The van der Waals surface area contributed by atoms with E-state index in [1.54, 1.807) is 45.9 Å². The molecule has 0 heterocycles. The normalized spacial score (nSPS) is 14.0. The summed E-state index contributed by atoms with van der Waals surface area (Å²) in [6.45, 7) is 10.8. The number of hydrogen-bond acceptors (Lipinski definition) is 4. The highest BCUT2D eigenvalue weighted by Gasteiger charge is 2.30. The molecular formula is C18H26Cl2N2O3. The first kappa shape index (κ1) is 21.6. The molecule has 0 spiro atoms. The SMILES string of the molecule is CC(C)[C@H](NC(=O)[C@H](C)Nc1ccc(Cl)c(Cl)c1)C(=O)OC(C)(C)C. The molecule has 1 aromatic carbocycles. The molecule has 0 aliphatic carbocycles. The van der Waals surface area contributed by atoms with Crippen LogP contribution in [0.15, 0.2) is 18.2 Å². The van der Waals surface area contributed by atoms with Gasteiger partial charge in [-0.2, -0.15) is 0 Å². The van der Waals surface area contributed by atoms with Gasteiger partial charge in [-0.3, -0.25) is 4.79 Å². The second-order valence-electron chi connectivity index (χ2n) is 7.26. The minimum absolute atomic E-state index is 0.101. The minimum atomic E-state index is -0.718. The lowest BCUT2D eigenvalue weighted by Crippen LogP contribution is -2.51. The predicted molar refractivity (Wildman–Crippen MR) is 102 cm³/mol. The monoisotopic (exact) mass is 388 g/mol. The van der Waals surface area contributed by atoms with Gasteiger partial charge in [0.05, 0.1) is 10.0 Å². The maximum absolute atomic E-state index is 12.4. The Morgan fingerprint density at radius 3 is 2.16 bits per heavy atom. The highest BCUT2D eigenvalue weighted by molar-refractivity contribution is 6.42. The number of nitrogens with one attached hydrogen (secondary N) is 2. The molecule has 0 unspecified atom stereocenters. The van der Waals surface area contributed by atoms with Crippen LogP contribution in [0.1, 0.15) is 41.5 Å². The van der Waals surface area contributed by atoms with E-state index in [0.717, 1.165) is 0 Å². The summed E-state index contributed by atoms with van der Waals surface area (Å²) in [6.07, 6.45) is 0. The van der Waals surface area contributed by atoms with Gasteiger partial charge in [-0.25, -0.2) is 4.79 Å². The molecule has 2 N–H and O–H groups in total. The molecule has 0 saturated carbocycles. The number of carbonyl (C=O) groups excluding carboxylic acids is 2. The number of rotatable bonds is 6. The number of carbonyl (C=O) groups is 2. The number of hydrogen-bond donors (Lipinski definition) is 2. The fourth-order valence-electron chi connectivity index (χ4n) is 2.04. The van der Waals surface area contributed by atoms with E-state index < -0.39 is 23.7 Å². The number of benzene rings is 1. The molecule has 2 atom stereocenters. The molecule has 140 valence electrons. The Labute approximate surface area is 159 Å². The molecule has 1 aromatic rings. The molecule has 1 amide bonds. The number of anilines is 1. The standard InChI is InChI=1S/C18H26Cl2N2O3/c1-10(2)15(17(24)25-18(4,5)6)22-16(23)11(3)21-12-7-8-13(19)14(20)9-12/h7-11,15,21H,1-6H3,(H,22,23)/t11-,15-/m0/s1. The van der Waals surface area contributed by atoms with Gasteiger partial charge in [-0.15, -0.1) is 0 Å². The van der Waals surface area contributed by atoms with E-state index in [9.17, 15) is 9.59 Å². The Morgan fingerprint density at radius 1 is 1.08 bits per heavy atom. The van der Waals surface area contributed by atoms with Crippen LogP contribution in [0.2, 0.25) is 10.0 Å². The Hall–Kier alpha value is -1.46. The number of ether oxygens (including phenoxy) is 1. The fourth-order valence-corrected chi connectivity index (χ4v) is 2.34. The van der Waals surface area contributed by atoms with Crippen molar-refractivity contribution in [2.45, 2.75) is 59.2 Å². The van der Waals surface area contributed by atoms with Gasteiger partial charge in [0.1, 0.15) is 17.7 Å². The zero-order valence-corrected chi connectivity index (χ0v) is 17.0. The van der Waals surface area contributed by atoms with Crippen molar-refractivity contribution in [1.82, 2.24) is 5.32 Å². The van der Waals surface area contributed by atoms with Crippen LogP contribution in [-0.2, 0) is 14.3 Å². The van der Waals surface area contributed by atoms with E-state index >= 15 is 0 Å². The first-order valence-electron chi connectivity index (χ1n) is 8.15. The Balaban J connectivity index is 2.75. The quantitative estimate of drug-likeness (QED) is 0.713. The van der Waals surface area contributed by atoms with Gasteiger partial charge in [0, 0.05) is 5.69 Å². The van der Waals surface area contributed by atoms with Gasteiger partial charge >= 0.3 is 5.97 Å². The van der Waals surface area contributed by atoms with Crippen LogP contribution in [0.3, 0.4) is 0 Å². The zero-order valence-electron chi connectivity index (χ0n) is 15.4. The molecule has 0 aliphatic rings. The molecule has 0 aliphatic heterocycles. The van der Waals surface area contributed by atoms with Crippen LogP contribution >= 0.6 is 23.2 Å². The van der Waals surface area contributed by atoms with Gasteiger partial charge in [0.15, 0.2) is 0 Å². The van der Waals surface area contributed by atoms with E-state index in [0.29, 0.717) is 15.7 Å². The summed E-state index contributed by atoms with van der Waals surface area (Å²) in [6, 6.07) is 3.73. The van der Waals surface area contributed by atoms with Crippen molar-refractivity contribution in [3.8, 4) is 0 Å². The van der Waals surface area contributed by atoms with Crippen LogP contribution in [0.4, 0.5) is 5.69 Å². The summed E-state index contributed by atoms with van der Waals surface area (Å²) in [5, 5.41) is 6.62. The lowest BCUT2D eigenvalue weighted by atomic mass is 10.0. The van der Waals surface area contributed by atoms with Crippen LogP contribution < -0.4 is 10.6 Å². The zero-order chi connectivity index (χ0) is 19.4. The molecule has 5 nitrogen and oxygen atoms in total. The van der Waals surface area contributed by atoms with Crippen molar-refractivity contribution in [1.29, 1.82) is 0 Å². The van der Waals surface area contributed by atoms with Crippen molar-refractivity contribution >= 4 is 40.8 Å². The van der Waals surface area contributed by atoms with Crippen LogP contribution in [-0.4, -0.2) is 29.6 Å². The molecule has 1 rings (SSSR count). The Morgan fingerprint density at radius 2 is 1.68 bits per heavy atom. The van der Waals surface area contributed by atoms with Crippen molar-refractivity contribution in [2.24, 2.45) is 5.92 Å². The van der Waals surface area contributed by atoms with Gasteiger partial charge in [0.2, 0.25) is 5.91 Å². The summed E-state index contributed by atoms with van der Waals surface area (Å²) in [5.41, 5.74) is 0.0502. The van der Waals surface area contributed by atoms with E-state index in [1.165, 1.54) is 0 Å². The second kappa shape index (κ2) is 8.77. The average Bonchev–Trinajstić information content (AvgIpc) is 2.45. The van der Waals surface area contributed by atoms with Crippen molar-refractivity contribution in [3.63, 3.8) is 0 Å². The van der Waals surface area contributed by atoms with Gasteiger partial charge in [-0.05, 0) is 51.8 Å². The van der Waals surface area contributed by atoms with E-state index in [2.05, 4.69) is 10.6 Å². The number of esters is 1. The fraction of sp³-hybridized carbons (Fsp3) is 0.556. The molecular weight excluding hydrogens is 363 g/mol. The second-order valence-corrected chi connectivity index (χ2v) is 8.07. The van der Waals surface area contributed by atoms with Crippen molar-refractivity contribution in [3.05, 3.63) is 28.2 Å². The third kappa shape index (κ3) is 7.12. The summed E-state index contributed by atoms with van der Waals surface area (Å²) in [7, 11) is 0. The molecule has 25 heavy (non-hydrogen) atoms. The summed E-state index contributed by atoms with van der Waals surface area (Å²) in [4.78, 5) is 24.8. The van der Waals surface area contributed by atoms with Gasteiger partial charge in [-0.1, -0.05) is 37.0 Å². The molecule has 0 fully saturated rings. The van der Waals surface area contributed by atoms with Gasteiger partial charge < -0.3 is 15.4 Å². The minimum Gasteiger partial charge on any atom is -0.458 e. The third-order valence-electron chi connectivity index (χ3n) is 3.32. The lowest BCUT2D eigenvalue weighted by molar-refractivity contribution is -0.160. The number of halogens is 2. The molecule has 7 heteroatoms. The van der Waals surface area contributed by atoms with Gasteiger partial charge in [0.25, 0.3) is 0 Å². The van der Waals surface area contributed by atoms with Crippen LogP contribution in [0.5, 0.6) is 0 Å². The Kier molecular flexibility index (Phi) is 7.57. The van der Waals surface area contributed by atoms with Crippen molar-refractivity contribution < 1.29 is 14.3 Å². The number of amides is 1. The maximum Gasteiger partial charge on any atom is 0.329 e. The van der Waals surface area contributed by atoms with E-state index in [4.69, 9.17) is 27.9 Å². The first-order chi connectivity index (χ1) is 11.4. The lowest BCUT2D eigenvalue weighted by Gasteiger charge is -2.27. The highest BCUT2D eigenvalue weighted by atomic mass is 35.5. The smallest absolute Gasteiger partial charge is 0.329 e. The molecule has 0 aromatic heterocycles. The van der Waals surface area contributed by atoms with Crippen LogP contribution in [0.25, 0.3) is 0 Å². The molecule has 0 bridgehead atoms. The first-order valence-corrected chi connectivity index (χ1v) is 8.91. The van der Waals surface area contributed by atoms with E-state index in [1.807, 2.05) is 13.8 Å². The third-order valence-corrected chi connectivity index (χ3v) is 4.06. The maximum atomic E-state index is 12.4. The summed E-state index contributed by atoms with van der Waals surface area (Å²) < 4.78 is 5.38. The largest absolute Gasteiger partial charge is 0.458 e. The highest BCUT2D eigenvalue weighted by Crippen LogP contribution is 2.25. The average molecular weight is 389 g/mol. The summed E-state index contributed by atoms with van der Waals surface area (Å²) in [5.74, 6) is -0.857. The summed E-state index contributed by atoms with van der Waals surface area (Å²) >= 11 is 11.9.